The van der Waals surface area contributed by atoms with Crippen molar-refractivity contribution in [3.63, 3.8) is 0 Å². The van der Waals surface area contributed by atoms with Crippen LogP contribution in [-0.4, -0.2) is 48.2 Å². The number of hydrogen-bond donors (Lipinski definition) is 1. The molecule has 100 valence electrons. The number of amides is 1. The maximum Gasteiger partial charge on any atom is 0.307 e. The van der Waals surface area contributed by atoms with Gasteiger partial charge in [0, 0.05) is 19.7 Å². The molecule has 1 heterocycles. The molecule has 0 saturated carbocycles. The minimum atomic E-state index is -0.872. The van der Waals surface area contributed by atoms with Crippen LogP contribution in [0.25, 0.3) is 0 Å². The molecule has 0 aromatic rings. The van der Waals surface area contributed by atoms with Crippen LogP contribution in [0, 0.1) is 11.8 Å². The summed E-state index contributed by atoms with van der Waals surface area (Å²) in [6.45, 7) is 2.47. The molecule has 1 saturated heterocycles. The molecule has 0 spiro atoms. The molecule has 1 N–H and O–H groups in total. The SMILES string of the molecule is O=C(O)[C@H]1CC=CC[C@H]1C(=O)N1CCCOCC1. The fourth-order valence-electron chi connectivity index (χ4n) is 2.56. The highest BCUT2D eigenvalue weighted by molar-refractivity contribution is 5.85. The highest BCUT2D eigenvalue weighted by atomic mass is 16.5. The maximum atomic E-state index is 12.4. The zero-order valence-electron chi connectivity index (χ0n) is 10.4. The predicted molar refractivity (Wildman–Crippen MR) is 65.0 cm³/mol. The van der Waals surface area contributed by atoms with Crippen LogP contribution >= 0.6 is 0 Å². The van der Waals surface area contributed by atoms with Crippen LogP contribution in [0.4, 0.5) is 0 Å². The van der Waals surface area contributed by atoms with E-state index in [9.17, 15) is 14.7 Å². The molecule has 2 aliphatic rings. The summed E-state index contributed by atoms with van der Waals surface area (Å²) >= 11 is 0. The molecular formula is C13H19NO4. The number of carbonyl (C=O) groups is 2. The predicted octanol–water partition coefficient (Wildman–Crippen LogP) is 0.902. The third-order valence-corrected chi connectivity index (χ3v) is 3.60. The lowest BCUT2D eigenvalue weighted by Crippen LogP contribution is -2.42. The van der Waals surface area contributed by atoms with Crippen molar-refractivity contribution in [1.82, 2.24) is 4.90 Å². The van der Waals surface area contributed by atoms with Crippen LogP contribution in [0.5, 0.6) is 0 Å². The molecule has 0 radical (unpaired) electrons. The van der Waals surface area contributed by atoms with Crippen LogP contribution in [0.15, 0.2) is 12.2 Å². The van der Waals surface area contributed by atoms with Crippen LogP contribution < -0.4 is 0 Å². The van der Waals surface area contributed by atoms with Crippen LogP contribution in [0.2, 0.25) is 0 Å². The monoisotopic (exact) mass is 253 g/mol. The largest absolute Gasteiger partial charge is 0.481 e. The summed E-state index contributed by atoms with van der Waals surface area (Å²) in [4.78, 5) is 25.3. The minimum absolute atomic E-state index is 0.0303. The summed E-state index contributed by atoms with van der Waals surface area (Å²) in [5, 5.41) is 9.18. The molecule has 1 fully saturated rings. The molecule has 1 aliphatic heterocycles. The molecule has 1 amide bonds. The van der Waals surface area contributed by atoms with Crippen LogP contribution in [0.1, 0.15) is 19.3 Å². The number of hydrogen-bond acceptors (Lipinski definition) is 3. The van der Waals surface area contributed by atoms with Crippen LogP contribution in [-0.2, 0) is 14.3 Å². The van der Waals surface area contributed by atoms with Crippen molar-refractivity contribution in [3.8, 4) is 0 Å². The molecule has 18 heavy (non-hydrogen) atoms. The zero-order chi connectivity index (χ0) is 13.0. The summed E-state index contributed by atoms with van der Waals surface area (Å²) in [6, 6.07) is 0. The van der Waals surface area contributed by atoms with E-state index in [1.165, 1.54) is 0 Å². The molecule has 0 unspecified atom stereocenters. The Morgan fingerprint density at radius 3 is 2.56 bits per heavy atom. The summed E-state index contributed by atoms with van der Waals surface area (Å²) in [7, 11) is 0. The van der Waals surface area contributed by atoms with Gasteiger partial charge in [-0.1, -0.05) is 12.2 Å². The second-order valence-corrected chi connectivity index (χ2v) is 4.79. The fraction of sp³-hybridized carbons (Fsp3) is 0.692. The average Bonchev–Trinajstić information content (AvgIpc) is 2.66. The Morgan fingerprint density at radius 1 is 1.11 bits per heavy atom. The Labute approximate surface area is 106 Å². The van der Waals surface area contributed by atoms with Gasteiger partial charge in [-0.2, -0.15) is 0 Å². The van der Waals surface area contributed by atoms with E-state index in [0.717, 1.165) is 6.42 Å². The Morgan fingerprint density at radius 2 is 1.83 bits per heavy atom. The normalized spacial score (nSPS) is 28.8. The number of nitrogens with zero attached hydrogens (tertiary/aromatic N) is 1. The first-order valence-corrected chi connectivity index (χ1v) is 6.44. The standard InChI is InChI=1S/C13H19NO4/c15-12(14-6-3-8-18-9-7-14)10-4-1-2-5-11(10)13(16)17/h1-2,10-11H,3-9H2,(H,16,17)/t10-,11+/m1/s1. The van der Waals surface area contributed by atoms with Crippen molar-refractivity contribution in [2.45, 2.75) is 19.3 Å². The maximum absolute atomic E-state index is 12.4. The smallest absolute Gasteiger partial charge is 0.307 e. The van der Waals surface area contributed by atoms with Gasteiger partial charge >= 0.3 is 5.97 Å². The van der Waals surface area contributed by atoms with E-state index in [1.807, 2.05) is 12.2 Å². The molecule has 0 aromatic carbocycles. The van der Waals surface area contributed by atoms with E-state index in [4.69, 9.17) is 4.74 Å². The molecular weight excluding hydrogens is 234 g/mol. The average molecular weight is 253 g/mol. The summed E-state index contributed by atoms with van der Waals surface area (Å²) in [5.74, 6) is -1.89. The van der Waals surface area contributed by atoms with Crippen molar-refractivity contribution < 1.29 is 19.4 Å². The topological polar surface area (TPSA) is 66.8 Å². The Bertz CT molecular complexity index is 345. The Balaban J connectivity index is 2.05. The summed E-state index contributed by atoms with van der Waals surface area (Å²) < 4.78 is 5.31. The Hall–Kier alpha value is -1.36. The second kappa shape index (κ2) is 6.00. The van der Waals surface area contributed by atoms with Gasteiger partial charge in [0.1, 0.15) is 0 Å². The molecule has 0 bridgehead atoms. The molecule has 0 aromatic heterocycles. The van der Waals surface area contributed by atoms with Crippen molar-refractivity contribution >= 4 is 11.9 Å². The highest BCUT2D eigenvalue weighted by Gasteiger charge is 2.36. The zero-order valence-corrected chi connectivity index (χ0v) is 10.4. The van der Waals surface area contributed by atoms with E-state index in [1.54, 1.807) is 4.90 Å². The van der Waals surface area contributed by atoms with Gasteiger partial charge in [0.15, 0.2) is 0 Å². The molecule has 5 heteroatoms. The van der Waals surface area contributed by atoms with Gasteiger partial charge in [-0.15, -0.1) is 0 Å². The van der Waals surface area contributed by atoms with Gasteiger partial charge in [0.2, 0.25) is 5.91 Å². The third-order valence-electron chi connectivity index (χ3n) is 3.60. The van der Waals surface area contributed by atoms with E-state index < -0.39 is 17.8 Å². The fourth-order valence-corrected chi connectivity index (χ4v) is 2.56. The first-order valence-electron chi connectivity index (χ1n) is 6.44. The van der Waals surface area contributed by atoms with Crippen molar-refractivity contribution in [2.75, 3.05) is 26.3 Å². The van der Waals surface area contributed by atoms with E-state index in [0.29, 0.717) is 39.1 Å². The van der Waals surface area contributed by atoms with E-state index >= 15 is 0 Å². The van der Waals surface area contributed by atoms with Gasteiger partial charge in [-0.25, -0.2) is 0 Å². The van der Waals surface area contributed by atoms with Crippen molar-refractivity contribution in [1.29, 1.82) is 0 Å². The lowest BCUT2D eigenvalue weighted by atomic mass is 9.82. The molecule has 1 aliphatic carbocycles. The van der Waals surface area contributed by atoms with Crippen molar-refractivity contribution in [3.05, 3.63) is 12.2 Å². The number of carbonyl (C=O) groups excluding carboxylic acids is 1. The van der Waals surface area contributed by atoms with Crippen LogP contribution in [0.3, 0.4) is 0 Å². The van der Waals surface area contributed by atoms with Gasteiger partial charge in [0.05, 0.1) is 18.4 Å². The Kier molecular flexibility index (Phi) is 4.36. The van der Waals surface area contributed by atoms with Gasteiger partial charge in [0.25, 0.3) is 0 Å². The number of aliphatic carboxylic acids is 1. The number of rotatable bonds is 2. The first-order chi connectivity index (χ1) is 8.70. The highest BCUT2D eigenvalue weighted by Crippen LogP contribution is 2.28. The lowest BCUT2D eigenvalue weighted by Gasteiger charge is -2.30. The van der Waals surface area contributed by atoms with Gasteiger partial charge in [-0.05, 0) is 19.3 Å². The summed E-state index contributed by atoms with van der Waals surface area (Å²) in [6.07, 6.45) is 5.58. The number of carboxylic acid groups (broad SMARTS) is 1. The van der Waals surface area contributed by atoms with E-state index in [-0.39, 0.29) is 5.91 Å². The minimum Gasteiger partial charge on any atom is -0.481 e. The van der Waals surface area contributed by atoms with E-state index in [2.05, 4.69) is 0 Å². The third kappa shape index (κ3) is 2.90. The van der Waals surface area contributed by atoms with Gasteiger partial charge < -0.3 is 14.7 Å². The first kappa shape index (κ1) is 13.1. The van der Waals surface area contributed by atoms with Gasteiger partial charge in [-0.3, -0.25) is 9.59 Å². The summed E-state index contributed by atoms with van der Waals surface area (Å²) in [5.41, 5.74) is 0. The molecule has 5 nitrogen and oxygen atoms in total. The quantitative estimate of drug-likeness (QED) is 0.743. The lowest BCUT2D eigenvalue weighted by molar-refractivity contribution is -0.150. The molecule has 2 rings (SSSR count). The number of allylic oxidation sites excluding steroid dienone is 2. The number of carboxylic acids is 1. The molecule has 2 atom stereocenters. The van der Waals surface area contributed by atoms with Crippen molar-refractivity contribution in [2.24, 2.45) is 11.8 Å². The second-order valence-electron chi connectivity index (χ2n) is 4.79. The number of ether oxygens (including phenoxy) is 1.